The van der Waals surface area contributed by atoms with Gasteiger partial charge >= 0.3 is 0 Å². The molecule has 2 unspecified atom stereocenters. The largest absolute Gasteiger partial charge is 0.485 e. The Morgan fingerprint density at radius 2 is 1.57 bits per heavy atom. The maximum absolute atomic E-state index is 13.8. The van der Waals surface area contributed by atoms with Gasteiger partial charge in [0.25, 0.3) is 0 Å². The van der Waals surface area contributed by atoms with E-state index in [4.69, 9.17) is 4.74 Å². The topological polar surface area (TPSA) is 21.3 Å². The van der Waals surface area contributed by atoms with E-state index in [0.717, 1.165) is 5.56 Å². The Kier molecular flexibility index (Phi) is 5.34. The normalized spacial score (nSPS) is 14.0. The Balaban J connectivity index is 2.28. The minimum absolute atomic E-state index is 0.00538. The highest BCUT2D eigenvalue weighted by atomic mass is 19.1. The van der Waals surface area contributed by atoms with Crippen LogP contribution in [0, 0.1) is 11.7 Å². The molecule has 0 saturated carbocycles. The third kappa shape index (κ3) is 3.82. The predicted octanol–water partition coefficient (Wildman–Crippen LogP) is 4.19. The highest BCUT2D eigenvalue weighted by Crippen LogP contribution is 2.28. The number of hydrogen-bond donors (Lipinski definition) is 1. The lowest BCUT2D eigenvalue weighted by Gasteiger charge is -2.31. The van der Waals surface area contributed by atoms with Crippen molar-refractivity contribution in [2.75, 3.05) is 7.05 Å². The van der Waals surface area contributed by atoms with Gasteiger partial charge in [-0.2, -0.15) is 0 Å². The third-order valence-corrected chi connectivity index (χ3v) is 3.55. The summed E-state index contributed by atoms with van der Waals surface area (Å²) in [6.45, 7) is 4.16. The molecule has 0 heterocycles. The van der Waals surface area contributed by atoms with Crippen LogP contribution in [0.4, 0.5) is 4.39 Å². The van der Waals surface area contributed by atoms with E-state index < -0.39 is 0 Å². The van der Waals surface area contributed by atoms with Gasteiger partial charge in [0.05, 0.1) is 6.04 Å². The third-order valence-electron chi connectivity index (χ3n) is 3.55. The first-order chi connectivity index (χ1) is 10.1. The number of likely N-dealkylation sites (N-methyl/N-ethyl adjacent to an activating group) is 1. The fourth-order valence-electron chi connectivity index (χ4n) is 2.46. The molecule has 0 bridgehead atoms. The molecule has 0 aliphatic carbocycles. The average molecular weight is 287 g/mol. The summed E-state index contributed by atoms with van der Waals surface area (Å²) < 4.78 is 19.8. The molecule has 2 rings (SSSR count). The smallest absolute Gasteiger partial charge is 0.165 e. The van der Waals surface area contributed by atoms with Crippen LogP contribution in [-0.4, -0.2) is 13.2 Å². The van der Waals surface area contributed by atoms with Crippen LogP contribution in [0.15, 0.2) is 54.6 Å². The van der Waals surface area contributed by atoms with Crippen LogP contribution < -0.4 is 10.1 Å². The van der Waals surface area contributed by atoms with E-state index in [1.54, 1.807) is 18.2 Å². The molecule has 21 heavy (non-hydrogen) atoms. The molecule has 0 aliphatic heterocycles. The predicted molar refractivity (Wildman–Crippen MR) is 83.9 cm³/mol. The molecule has 2 atom stereocenters. The number of halogens is 1. The molecule has 2 aromatic carbocycles. The quantitative estimate of drug-likeness (QED) is 0.860. The molecule has 0 amide bonds. The van der Waals surface area contributed by atoms with Crippen molar-refractivity contribution in [2.45, 2.75) is 26.0 Å². The highest BCUT2D eigenvalue weighted by Gasteiger charge is 2.27. The molecule has 2 aromatic rings. The van der Waals surface area contributed by atoms with Crippen LogP contribution >= 0.6 is 0 Å². The summed E-state index contributed by atoms with van der Waals surface area (Å²) >= 11 is 0. The summed E-state index contributed by atoms with van der Waals surface area (Å²) in [6.07, 6.45) is -0.158. The minimum Gasteiger partial charge on any atom is -0.485 e. The molecule has 2 nitrogen and oxygen atoms in total. The summed E-state index contributed by atoms with van der Waals surface area (Å²) in [7, 11) is 1.90. The summed E-state index contributed by atoms with van der Waals surface area (Å²) in [4.78, 5) is 0. The lowest BCUT2D eigenvalue weighted by molar-refractivity contribution is 0.106. The van der Waals surface area contributed by atoms with Crippen LogP contribution in [0.25, 0.3) is 0 Å². The molecule has 0 aromatic heterocycles. The SMILES string of the molecule is CNC(c1ccccc1)C(Oc1ccccc1F)C(C)C. The van der Waals surface area contributed by atoms with Crippen molar-refractivity contribution < 1.29 is 9.13 Å². The van der Waals surface area contributed by atoms with Gasteiger partial charge in [0.15, 0.2) is 11.6 Å². The molecular formula is C18H22FNO. The van der Waals surface area contributed by atoms with Crippen LogP contribution in [0.1, 0.15) is 25.5 Å². The lowest BCUT2D eigenvalue weighted by atomic mass is 9.93. The number of hydrogen-bond acceptors (Lipinski definition) is 2. The van der Waals surface area contributed by atoms with Crippen LogP contribution in [0.3, 0.4) is 0 Å². The second-order valence-corrected chi connectivity index (χ2v) is 5.43. The molecule has 3 heteroatoms. The van der Waals surface area contributed by atoms with Crippen LogP contribution in [0.5, 0.6) is 5.75 Å². The van der Waals surface area contributed by atoms with E-state index in [-0.39, 0.29) is 23.9 Å². The first-order valence-electron chi connectivity index (χ1n) is 7.27. The van der Waals surface area contributed by atoms with Gasteiger partial charge in [0.2, 0.25) is 0 Å². The Morgan fingerprint density at radius 1 is 0.952 bits per heavy atom. The average Bonchev–Trinajstić information content (AvgIpc) is 2.50. The molecule has 0 radical (unpaired) electrons. The zero-order valence-corrected chi connectivity index (χ0v) is 12.7. The van der Waals surface area contributed by atoms with E-state index in [9.17, 15) is 4.39 Å². The van der Waals surface area contributed by atoms with E-state index >= 15 is 0 Å². The Bertz CT molecular complexity index is 556. The zero-order chi connectivity index (χ0) is 15.2. The lowest BCUT2D eigenvalue weighted by Crippen LogP contribution is -2.37. The molecule has 0 spiro atoms. The number of benzene rings is 2. The van der Waals surface area contributed by atoms with Crippen molar-refractivity contribution >= 4 is 0 Å². The zero-order valence-electron chi connectivity index (χ0n) is 12.7. The maximum Gasteiger partial charge on any atom is 0.165 e. The highest BCUT2D eigenvalue weighted by molar-refractivity contribution is 5.26. The summed E-state index contributed by atoms with van der Waals surface area (Å²) in [5, 5.41) is 3.29. The van der Waals surface area contributed by atoms with E-state index in [1.165, 1.54) is 6.07 Å². The molecule has 0 aliphatic rings. The van der Waals surface area contributed by atoms with Gasteiger partial charge in [0, 0.05) is 0 Å². The molecular weight excluding hydrogens is 265 g/mol. The van der Waals surface area contributed by atoms with E-state index in [0.29, 0.717) is 5.75 Å². The van der Waals surface area contributed by atoms with Crippen molar-refractivity contribution in [3.63, 3.8) is 0 Å². The second-order valence-electron chi connectivity index (χ2n) is 5.43. The Hall–Kier alpha value is -1.87. The number of nitrogens with one attached hydrogen (secondary N) is 1. The van der Waals surface area contributed by atoms with Gasteiger partial charge in [-0.15, -0.1) is 0 Å². The summed E-state index contributed by atoms with van der Waals surface area (Å²) in [5.74, 6) is 0.209. The molecule has 112 valence electrons. The minimum atomic E-state index is -0.328. The summed E-state index contributed by atoms with van der Waals surface area (Å²) in [5.41, 5.74) is 1.13. The van der Waals surface area contributed by atoms with Crippen molar-refractivity contribution in [3.8, 4) is 5.75 Å². The van der Waals surface area contributed by atoms with Gasteiger partial charge in [-0.1, -0.05) is 56.3 Å². The van der Waals surface area contributed by atoms with Crippen LogP contribution in [-0.2, 0) is 0 Å². The van der Waals surface area contributed by atoms with Crippen molar-refractivity contribution in [3.05, 3.63) is 66.0 Å². The van der Waals surface area contributed by atoms with Gasteiger partial charge in [0.1, 0.15) is 6.10 Å². The first-order valence-corrected chi connectivity index (χ1v) is 7.27. The Morgan fingerprint density at radius 3 is 2.14 bits per heavy atom. The first kappa shape index (κ1) is 15.5. The molecule has 0 saturated heterocycles. The standard InChI is InChI=1S/C18H22FNO/c1-13(2)18(21-16-12-8-7-11-15(16)19)17(20-3)14-9-5-4-6-10-14/h4-13,17-18,20H,1-3H3. The van der Waals surface area contributed by atoms with Gasteiger partial charge in [-0.05, 0) is 30.7 Å². The summed E-state index contributed by atoms with van der Waals surface area (Å²) in [6, 6.07) is 16.6. The van der Waals surface area contributed by atoms with Gasteiger partial charge in [-0.3, -0.25) is 0 Å². The number of para-hydroxylation sites is 1. The fraction of sp³-hybridized carbons (Fsp3) is 0.333. The van der Waals surface area contributed by atoms with Crippen LogP contribution in [0.2, 0.25) is 0 Å². The number of rotatable bonds is 6. The fourth-order valence-corrected chi connectivity index (χ4v) is 2.46. The van der Waals surface area contributed by atoms with E-state index in [1.807, 2.05) is 25.2 Å². The Labute approximate surface area is 126 Å². The van der Waals surface area contributed by atoms with Gasteiger partial charge < -0.3 is 10.1 Å². The molecule has 0 fully saturated rings. The molecule has 1 N–H and O–H groups in total. The second kappa shape index (κ2) is 7.23. The van der Waals surface area contributed by atoms with Crippen molar-refractivity contribution in [1.29, 1.82) is 0 Å². The van der Waals surface area contributed by atoms with Crippen molar-refractivity contribution in [1.82, 2.24) is 5.32 Å². The maximum atomic E-state index is 13.8. The van der Waals surface area contributed by atoms with Crippen molar-refractivity contribution in [2.24, 2.45) is 5.92 Å². The monoisotopic (exact) mass is 287 g/mol. The number of ether oxygens (including phenoxy) is 1. The van der Waals surface area contributed by atoms with Gasteiger partial charge in [-0.25, -0.2) is 4.39 Å². The van der Waals surface area contributed by atoms with E-state index in [2.05, 4.69) is 31.3 Å².